The number of aromatic amines is 6. The number of nitrogens with one attached hydrogen (secondary N) is 6. The van der Waals surface area contributed by atoms with Gasteiger partial charge >= 0.3 is 18.5 Å². The molecule has 12 aromatic carbocycles. The number of hydrogen-bond acceptors (Lipinski definition) is 12. The lowest BCUT2D eigenvalue weighted by atomic mass is 10.0. The summed E-state index contributed by atoms with van der Waals surface area (Å²) >= 11 is 49.7. The number of aromatic nitrogens is 18. The summed E-state index contributed by atoms with van der Waals surface area (Å²) in [6, 6.07) is 92.1. The van der Waals surface area contributed by atoms with Crippen molar-refractivity contribution >= 4 is 108 Å². The SMILES string of the molecule is FC(F)(F)c1cc(-c2n[nH]c(=S)n2CCc2ccccc2)cc(C(F)(F)F)c1.FC(F)(F)c1cccc(-c2n[nH]c(=S)n2CCc2ccccc2)c1.Fc1ccc(-c2n[nH]c(=S)n2CCc2ccccc2)cc1.Fc1cccc(-c2n[nH]c(=S)n2CCc2ccccc2)c1.S=c1[nH]nc(-c2cc(Cl)cc(Cl)c2)n1CCc1ccccc1.S=c1[nH]nc(-c2cccc(Cl)c2)n1CCc1ccccc1. The third-order valence-corrected chi connectivity index (χ3v) is 23.6. The minimum absolute atomic E-state index is 0.0824. The summed E-state index contributed by atoms with van der Waals surface area (Å²) in [5, 5.41) is 43.3. The fourth-order valence-electron chi connectivity index (χ4n) is 14.2. The van der Waals surface area contributed by atoms with Gasteiger partial charge in [-0.25, -0.2) is 8.78 Å². The van der Waals surface area contributed by atoms with Gasteiger partial charge in [0.05, 0.1) is 16.7 Å². The fourth-order valence-corrected chi connectivity index (χ4v) is 16.3. The summed E-state index contributed by atoms with van der Waals surface area (Å²) in [4.78, 5) is 0. The van der Waals surface area contributed by atoms with Crippen LogP contribution >= 0.6 is 108 Å². The first-order chi connectivity index (χ1) is 65.8. The Kier molecular flexibility index (Phi) is 35.6. The van der Waals surface area contributed by atoms with Crippen molar-refractivity contribution < 1.29 is 48.3 Å². The molecule has 0 fully saturated rings. The van der Waals surface area contributed by atoms with E-state index in [4.69, 9.17) is 108 Å². The van der Waals surface area contributed by atoms with Crippen LogP contribution in [0.5, 0.6) is 0 Å². The summed E-state index contributed by atoms with van der Waals surface area (Å²) in [5.74, 6) is 2.73. The second-order valence-corrected chi connectivity index (χ2v) is 34.1. The third-order valence-electron chi connectivity index (χ3n) is 21.0. The Morgan fingerprint density at radius 3 is 0.745 bits per heavy atom. The highest BCUT2D eigenvalue weighted by molar-refractivity contribution is 7.72. The number of rotatable bonds is 24. The second-order valence-electron chi connectivity index (χ2n) is 30.5. The van der Waals surface area contributed by atoms with Crippen LogP contribution in [0.2, 0.25) is 15.1 Å². The van der Waals surface area contributed by atoms with Gasteiger partial charge in [0.15, 0.2) is 63.6 Å². The zero-order valence-electron chi connectivity index (χ0n) is 72.1. The molecule has 0 radical (unpaired) electrons. The first kappa shape index (κ1) is 101. The average molecular weight is 2030 g/mol. The van der Waals surface area contributed by atoms with Crippen molar-refractivity contribution in [3.8, 4) is 68.3 Å². The summed E-state index contributed by atoms with van der Waals surface area (Å²) < 4.78 is 157. The number of aryl methyl sites for hydroxylation is 6. The molecule has 18 nitrogen and oxygen atoms in total. The molecule has 0 aliphatic carbocycles. The number of halogens is 14. The molecule has 38 heteroatoms. The molecule has 0 atom stereocenters. The average Bonchev–Trinajstić information content (AvgIpc) is 1.71. The topological polar surface area (TPSA) is 202 Å². The maximum atomic E-state index is 13.4. The van der Waals surface area contributed by atoms with E-state index in [0.717, 1.165) is 108 Å². The van der Waals surface area contributed by atoms with E-state index in [1.54, 1.807) is 34.9 Å². The van der Waals surface area contributed by atoms with Gasteiger partial charge in [-0.1, -0.05) is 253 Å². The number of nitrogens with zero attached hydrogens (tertiary/aromatic N) is 12. The highest BCUT2D eigenvalue weighted by Gasteiger charge is 2.38. The van der Waals surface area contributed by atoms with E-state index >= 15 is 0 Å². The van der Waals surface area contributed by atoms with E-state index in [-0.39, 0.29) is 40.4 Å². The second kappa shape index (κ2) is 48.1. The Morgan fingerprint density at radius 1 is 0.219 bits per heavy atom. The van der Waals surface area contributed by atoms with Gasteiger partial charge in [0.1, 0.15) is 11.6 Å². The lowest BCUT2D eigenvalue weighted by Crippen LogP contribution is -2.12. The molecule has 137 heavy (non-hydrogen) atoms. The normalized spacial score (nSPS) is 11.2. The molecule has 18 aromatic rings. The Bertz CT molecular complexity index is 7170. The number of benzene rings is 12. The zero-order chi connectivity index (χ0) is 97.2. The molecular weight excluding hydrogens is 1950 g/mol. The van der Waals surface area contributed by atoms with Crippen molar-refractivity contribution in [2.45, 2.75) is 96.3 Å². The van der Waals surface area contributed by atoms with Crippen LogP contribution in [-0.2, 0) is 96.3 Å². The number of H-pyrrole nitrogens is 6. The van der Waals surface area contributed by atoms with Crippen molar-refractivity contribution in [3.63, 3.8) is 0 Å². The third kappa shape index (κ3) is 29.0. The summed E-state index contributed by atoms with van der Waals surface area (Å²) in [5.41, 5.74) is 6.98. The molecule has 6 aromatic heterocycles. The van der Waals surface area contributed by atoms with E-state index in [0.29, 0.717) is 94.2 Å². The smallest absolute Gasteiger partial charge is 0.300 e. The quantitative estimate of drug-likeness (QED) is 0.0247. The van der Waals surface area contributed by atoms with Gasteiger partial charge in [0, 0.05) is 87.7 Å². The Labute approximate surface area is 824 Å². The van der Waals surface area contributed by atoms with Crippen LogP contribution in [0.3, 0.4) is 0 Å². The van der Waals surface area contributed by atoms with E-state index in [1.807, 2.05) is 194 Å². The molecule has 0 spiro atoms. The van der Waals surface area contributed by atoms with Crippen LogP contribution < -0.4 is 0 Å². The highest BCUT2D eigenvalue weighted by atomic mass is 35.5. The van der Waals surface area contributed by atoms with Gasteiger partial charge in [-0.3, -0.25) is 58.0 Å². The van der Waals surface area contributed by atoms with Gasteiger partial charge in [-0.05, 0) is 242 Å². The molecule has 0 saturated heterocycles. The minimum atomic E-state index is -4.93. The van der Waals surface area contributed by atoms with Crippen molar-refractivity contribution in [1.82, 2.24) is 88.6 Å². The molecular formula is C99H82Cl3F11N18S6. The molecule has 0 aliphatic heterocycles. The molecule has 0 amide bonds. The van der Waals surface area contributed by atoms with Gasteiger partial charge in [0.25, 0.3) is 0 Å². The van der Waals surface area contributed by atoms with Crippen LogP contribution in [0.1, 0.15) is 50.1 Å². The van der Waals surface area contributed by atoms with Gasteiger partial charge in [-0.2, -0.15) is 70.1 Å². The Balaban J connectivity index is 0.000000139. The van der Waals surface area contributed by atoms with Gasteiger partial charge in [0.2, 0.25) is 0 Å². The molecule has 0 saturated carbocycles. The van der Waals surface area contributed by atoms with Gasteiger partial charge in [-0.15, -0.1) is 0 Å². The van der Waals surface area contributed by atoms with Gasteiger partial charge < -0.3 is 0 Å². The van der Waals surface area contributed by atoms with Crippen LogP contribution in [0, 0.1) is 40.3 Å². The maximum absolute atomic E-state index is 13.4. The van der Waals surface area contributed by atoms with E-state index in [2.05, 4.69) is 110 Å². The first-order valence-electron chi connectivity index (χ1n) is 42.2. The van der Waals surface area contributed by atoms with Crippen molar-refractivity contribution in [1.29, 1.82) is 0 Å². The lowest BCUT2D eigenvalue weighted by molar-refractivity contribution is -0.143. The van der Waals surface area contributed by atoms with Crippen molar-refractivity contribution in [2.24, 2.45) is 0 Å². The largest absolute Gasteiger partial charge is 0.416 e. The molecule has 0 bridgehead atoms. The molecule has 702 valence electrons. The molecule has 0 unspecified atom stereocenters. The summed E-state index contributed by atoms with van der Waals surface area (Å²) in [6.07, 6.45) is -9.58. The number of alkyl halides is 9. The maximum Gasteiger partial charge on any atom is 0.416 e. The van der Waals surface area contributed by atoms with Crippen LogP contribution in [0.25, 0.3) is 68.3 Å². The van der Waals surface area contributed by atoms with Crippen molar-refractivity contribution in [3.05, 3.63) is 421 Å². The van der Waals surface area contributed by atoms with Crippen LogP contribution in [0.15, 0.2) is 315 Å². The molecule has 0 aliphatic rings. The number of hydrogen-bond donors (Lipinski definition) is 6. The van der Waals surface area contributed by atoms with E-state index in [1.165, 1.54) is 57.2 Å². The fraction of sp³-hybridized carbons (Fsp3) is 0.152. The Hall–Kier alpha value is -13.1. The van der Waals surface area contributed by atoms with E-state index < -0.39 is 35.2 Å². The highest BCUT2D eigenvalue weighted by Crippen LogP contribution is 2.40. The summed E-state index contributed by atoms with van der Waals surface area (Å²) in [6.45, 7) is 3.72. The van der Waals surface area contributed by atoms with E-state index in [9.17, 15) is 48.3 Å². The molecule has 18 rings (SSSR count). The minimum Gasteiger partial charge on any atom is -0.300 e. The van der Waals surface area contributed by atoms with Crippen LogP contribution in [-0.4, -0.2) is 88.6 Å². The zero-order valence-corrected chi connectivity index (χ0v) is 79.3. The summed E-state index contributed by atoms with van der Waals surface area (Å²) in [7, 11) is 0. The predicted octanol–water partition coefficient (Wildman–Crippen LogP) is 28.4. The standard InChI is InChI=1S/C18H13F6N3S.C17H14F3N3S.C16H13Cl2N3S.C16H14ClN3S.2C16H14FN3S/c19-17(20,21)13-8-12(9-14(10-13)18(22,23)24)15-25-26-16(28)27(15)7-6-11-4-2-1-3-5-11;18-17(19,20)14-8-4-7-13(11-14)15-21-22-16(24)23(15)10-9-12-5-2-1-3-6-12;17-13-8-12(9-14(18)10-13)15-19-20-16(22)21(15)7-6-11-4-2-1-3-5-11;2*17-14-8-4-7-13(11-14)15-18-19-16(21)20(15)10-9-12-5-2-1-3-6-12;17-14-8-6-13(7-9-14)15-18-19-16(21)20(15)11-10-12-4-2-1-3-5-12/h1-5,8-10H,6-7H2,(H,26,28);1-8,11H,9-10H2,(H,22,24);1-5,8-10H,6-7H2,(H,20,22);2*1-8,11H,9-10H2,(H,19,21);1-9H,10-11H2,(H,19,21). The lowest BCUT2D eigenvalue weighted by Gasteiger charge is -2.14. The molecule has 6 heterocycles. The first-order valence-corrected chi connectivity index (χ1v) is 45.8. The molecule has 6 N–H and O–H groups in total. The van der Waals surface area contributed by atoms with Crippen LogP contribution in [0.4, 0.5) is 48.3 Å². The van der Waals surface area contributed by atoms with Crippen molar-refractivity contribution in [2.75, 3.05) is 0 Å². The Morgan fingerprint density at radius 2 is 0.460 bits per heavy atom. The predicted molar refractivity (Wildman–Crippen MR) is 528 cm³/mol. The monoisotopic (exact) mass is 2030 g/mol.